The molecule has 7 heteroatoms. The number of hydrogen-bond acceptors (Lipinski definition) is 4. The van der Waals surface area contributed by atoms with Crippen molar-refractivity contribution in [3.63, 3.8) is 0 Å². The number of nitrogens with one attached hydrogen (secondary N) is 1. The minimum atomic E-state index is -0.989. The first-order valence-corrected chi connectivity index (χ1v) is 6.34. The molecule has 1 atom stereocenters. The van der Waals surface area contributed by atoms with Gasteiger partial charge in [-0.3, -0.25) is 14.3 Å². The van der Waals surface area contributed by atoms with Gasteiger partial charge in [-0.15, -0.1) is 0 Å². The predicted octanol–water partition coefficient (Wildman–Crippen LogP) is 0.381. The van der Waals surface area contributed by atoms with Crippen molar-refractivity contribution in [3.05, 3.63) is 30.1 Å². The van der Waals surface area contributed by atoms with Crippen LogP contribution in [0.25, 0.3) is 0 Å². The van der Waals surface area contributed by atoms with Gasteiger partial charge in [0.15, 0.2) is 0 Å². The van der Waals surface area contributed by atoms with E-state index in [1.165, 1.54) is 6.20 Å². The largest absolute Gasteiger partial charge is 0.481 e. The SMILES string of the molecule is C=C(C)[C@H](CC(=O)O)NC(=O)c1cnn(CCCN)c1. The zero-order valence-electron chi connectivity index (χ0n) is 11.5. The molecule has 0 spiro atoms. The van der Waals surface area contributed by atoms with Gasteiger partial charge in [-0.25, -0.2) is 0 Å². The van der Waals surface area contributed by atoms with Gasteiger partial charge in [0, 0.05) is 12.7 Å². The van der Waals surface area contributed by atoms with Crippen LogP contribution >= 0.6 is 0 Å². The highest BCUT2D eigenvalue weighted by molar-refractivity contribution is 5.94. The average molecular weight is 280 g/mol. The first kappa shape index (κ1) is 15.9. The van der Waals surface area contributed by atoms with Crippen molar-refractivity contribution in [1.82, 2.24) is 15.1 Å². The Balaban J connectivity index is 2.66. The van der Waals surface area contributed by atoms with Crippen LogP contribution in [0.1, 0.15) is 30.1 Å². The number of rotatable bonds is 8. The fourth-order valence-corrected chi connectivity index (χ4v) is 1.62. The highest BCUT2D eigenvalue weighted by atomic mass is 16.4. The number of carbonyl (C=O) groups is 2. The summed E-state index contributed by atoms with van der Waals surface area (Å²) in [7, 11) is 0. The molecule has 0 fully saturated rings. The fourth-order valence-electron chi connectivity index (χ4n) is 1.62. The van der Waals surface area contributed by atoms with Gasteiger partial charge in [-0.1, -0.05) is 12.2 Å². The van der Waals surface area contributed by atoms with Gasteiger partial charge in [-0.05, 0) is 19.9 Å². The Kier molecular flexibility index (Phi) is 5.92. The van der Waals surface area contributed by atoms with E-state index in [1.807, 2.05) is 0 Å². The third-order valence-electron chi connectivity index (χ3n) is 2.77. The first-order chi connectivity index (χ1) is 9.43. The summed E-state index contributed by atoms with van der Waals surface area (Å²) in [5.41, 5.74) is 6.38. The lowest BCUT2D eigenvalue weighted by molar-refractivity contribution is -0.137. The molecule has 0 aromatic carbocycles. The summed E-state index contributed by atoms with van der Waals surface area (Å²) in [6.45, 7) is 6.56. The van der Waals surface area contributed by atoms with Gasteiger partial charge in [0.05, 0.1) is 24.2 Å². The number of nitrogens with two attached hydrogens (primary N) is 1. The minimum Gasteiger partial charge on any atom is -0.481 e. The highest BCUT2D eigenvalue weighted by Gasteiger charge is 2.18. The molecule has 0 radical (unpaired) electrons. The van der Waals surface area contributed by atoms with Crippen LogP contribution in [0.3, 0.4) is 0 Å². The van der Waals surface area contributed by atoms with Crippen LogP contribution in [0.2, 0.25) is 0 Å². The molecule has 0 saturated heterocycles. The van der Waals surface area contributed by atoms with Gasteiger partial charge in [0.1, 0.15) is 0 Å². The van der Waals surface area contributed by atoms with Gasteiger partial charge in [-0.2, -0.15) is 5.10 Å². The van der Waals surface area contributed by atoms with Crippen LogP contribution in [0.15, 0.2) is 24.5 Å². The van der Waals surface area contributed by atoms with Crippen molar-refractivity contribution in [3.8, 4) is 0 Å². The summed E-state index contributed by atoms with van der Waals surface area (Å²) in [5.74, 6) is -1.35. The maximum absolute atomic E-state index is 12.0. The Morgan fingerprint density at radius 1 is 1.60 bits per heavy atom. The minimum absolute atomic E-state index is 0.192. The molecule has 7 nitrogen and oxygen atoms in total. The Morgan fingerprint density at radius 3 is 2.85 bits per heavy atom. The van der Waals surface area contributed by atoms with Gasteiger partial charge in [0.25, 0.3) is 5.91 Å². The van der Waals surface area contributed by atoms with Crippen LogP contribution < -0.4 is 11.1 Å². The van der Waals surface area contributed by atoms with Crippen LogP contribution in [0.4, 0.5) is 0 Å². The summed E-state index contributed by atoms with van der Waals surface area (Å²) >= 11 is 0. The second-order valence-electron chi connectivity index (χ2n) is 4.60. The predicted molar refractivity (Wildman–Crippen MR) is 74.2 cm³/mol. The van der Waals surface area contributed by atoms with Crippen LogP contribution in [-0.2, 0) is 11.3 Å². The lowest BCUT2D eigenvalue weighted by Crippen LogP contribution is -2.37. The number of nitrogens with zero attached hydrogens (tertiary/aromatic N) is 2. The van der Waals surface area contributed by atoms with Crippen molar-refractivity contribution >= 4 is 11.9 Å². The Morgan fingerprint density at radius 2 is 2.30 bits per heavy atom. The van der Waals surface area contributed by atoms with E-state index in [0.717, 1.165) is 6.42 Å². The quantitative estimate of drug-likeness (QED) is 0.596. The maximum atomic E-state index is 12.0. The number of aliphatic carboxylic acids is 1. The molecule has 0 aliphatic rings. The molecule has 1 aromatic rings. The smallest absolute Gasteiger partial charge is 0.305 e. The van der Waals surface area contributed by atoms with Crippen molar-refractivity contribution in [2.75, 3.05) is 6.54 Å². The number of amides is 1. The molecule has 4 N–H and O–H groups in total. The molecule has 1 heterocycles. The number of carbonyl (C=O) groups excluding carboxylic acids is 1. The first-order valence-electron chi connectivity index (χ1n) is 6.34. The molecule has 0 aliphatic carbocycles. The van der Waals surface area contributed by atoms with E-state index >= 15 is 0 Å². The summed E-state index contributed by atoms with van der Waals surface area (Å²) in [5, 5.41) is 15.5. The van der Waals surface area contributed by atoms with Crippen LogP contribution in [-0.4, -0.2) is 39.4 Å². The van der Waals surface area contributed by atoms with E-state index in [9.17, 15) is 9.59 Å². The van der Waals surface area contributed by atoms with Crippen LogP contribution in [0, 0.1) is 0 Å². The number of aromatic nitrogens is 2. The second kappa shape index (κ2) is 7.44. The summed E-state index contributed by atoms with van der Waals surface area (Å²) < 4.78 is 1.63. The van der Waals surface area contributed by atoms with Gasteiger partial charge in [0.2, 0.25) is 0 Å². The Bertz CT molecular complexity index is 496. The van der Waals surface area contributed by atoms with Crippen molar-refractivity contribution in [2.24, 2.45) is 5.73 Å². The van der Waals surface area contributed by atoms with Crippen molar-refractivity contribution < 1.29 is 14.7 Å². The molecule has 20 heavy (non-hydrogen) atoms. The van der Waals surface area contributed by atoms with E-state index < -0.39 is 12.0 Å². The molecule has 1 rings (SSSR count). The highest BCUT2D eigenvalue weighted by Crippen LogP contribution is 2.06. The number of hydrogen-bond donors (Lipinski definition) is 3. The van der Waals surface area contributed by atoms with Gasteiger partial charge >= 0.3 is 5.97 Å². The maximum Gasteiger partial charge on any atom is 0.305 e. The summed E-state index contributed by atoms with van der Waals surface area (Å²) in [4.78, 5) is 22.7. The molecular formula is C13H20N4O3. The lowest BCUT2D eigenvalue weighted by Gasteiger charge is -2.16. The van der Waals surface area contributed by atoms with Crippen LogP contribution in [0.5, 0.6) is 0 Å². The monoisotopic (exact) mass is 280 g/mol. The number of carboxylic acid groups (broad SMARTS) is 1. The van der Waals surface area contributed by atoms with Crippen molar-refractivity contribution in [2.45, 2.75) is 32.4 Å². The summed E-state index contributed by atoms with van der Waals surface area (Å²) in [6, 6.07) is -0.590. The molecule has 0 aliphatic heterocycles. The molecule has 110 valence electrons. The Labute approximate surface area is 117 Å². The Hall–Kier alpha value is -2.15. The van der Waals surface area contributed by atoms with Crippen molar-refractivity contribution in [1.29, 1.82) is 0 Å². The van der Waals surface area contributed by atoms with E-state index in [0.29, 0.717) is 24.2 Å². The molecular weight excluding hydrogens is 260 g/mol. The number of aryl methyl sites for hydroxylation is 1. The molecule has 0 unspecified atom stereocenters. The standard InChI is InChI=1S/C13H20N4O3/c1-9(2)11(6-12(18)19)16-13(20)10-7-15-17(8-10)5-3-4-14/h7-8,11H,1,3-6,14H2,2H3,(H,16,20)(H,18,19)/t11-/m0/s1. The van der Waals surface area contributed by atoms with Gasteiger partial charge < -0.3 is 16.2 Å². The number of carboxylic acids is 1. The molecule has 0 bridgehead atoms. The fraction of sp³-hybridized carbons (Fsp3) is 0.462. The zero-order chi connectivity index (χ0) is 15.1. The summed E-state index contributed by atoms with van der Waals surface area (Å²) in [6.07, 6.45) is 3.64. The van der Waals surface area contributed by atoms with E-state index in [4.69, 9.17) is 10.8 Å². The molecule has 0 saturated carbocycles. The normalized spacial score (nSPS) is 11.9. The van der Waals surface area contributed by atoms with E-state index in [-0.39, 0.29) is 12.3 Å². The molecule has 1 aromatic heterocycles. The topological polar surface area (TPSA) is 110 Å². The molecule has 1 amide bonds. The third kappa shape index (κ3) is 4.85. The van der Waals surface area contributed by atoms with E-state index in [1.54, 1.807) is 17.8 Å². The second-order valence-corrected chi connectivity index (χ2v) is 4.60. The third-order valence-corrected chi connectivity index (χ3v) is 2.77. The zero-order valence-corrected chi connectivity index (χ0v) is 11.5. The van der Waals surface area contributed by atoms with E-state index in [2.05, 4.69) is 17.0 Å². The average Bonchev–Trinajstić information content (AvgIpc) is 2.83. The lowest BCUT2D eigenvalue weighted by atomic mass is 10.1.